The lowest BCUT2D eigenvalue weighted by molar-refractivity contribution is -0.174. The van der Waals surface area contributed by atoms with Crippen LogP contribution in [-0.4, -0.2) is 35.9 Å². The molecule has 0 bridgehead atoms. The number of esters is 2. The zero-order chi connectivity index (χ0) is 14.5. The summed E-state index contributed by atoms with van der Waals surface area (Å²) in [6.07, 6.45) is 2.64. The van der Waals surface area contributed by atoms with Crippen LogP contribution in [0.3, 0.4) is 0 Å². The molecular weight excluding hydrogens is 248 g/mol. The molecule has 1 saturated carbocycles. The minimum absolute atomic E-state index is 0.183. The van der Waals surface area contributed by atoms with Crippen molar-refractivity contribution in [2.24, 2.45) is 11.8 Å². The SMILES string of the molecule is CCOC(=O)C(C(=O)OCC)C1(O)CCC(CC)C1. The van der Waals surface area contributed by atoms with Crippen LogP contribution in [0.25, 0.3) is 0 Å². The second kappa shape index (κ2) is 6.89. The van der Waals surface area contributed by atoms with Gasteiger partial charge in [0.2, 0.25) is 0 Å². The maximum atomic E-state index is 12.0. The molecule has 0 saturated heterocycles. The normalized spacial score (nSPS) is 26.5. The molecule has 0 heterocycles. The Morgan fingerprint density at radius 3 is 2.11 bits per heavy atom. The molecule has 0 aromatic heterocycles. The third-order valence-electron chi connectivity index (χ3n) is 3.79. The number of carbonyl (C=O) groups excluding carboxylic acids is 2. The molecule has 0 amide bonds. The molecule has 5 nitrogen and oxygen atoms in total. The number of hydrogen-bond donors (Lipinski definition) is 1. The Hall–Kier alpha value is -1.10. The van der Waals surface area contributed by atoms with Gasteiger partial charge in [0.05, 0.1) is 18.8 Å². The lowest BCUT2D eigenvalue weighted by Gasteiger charge is -2.29. The Kier molecular flexibility index (Phi) is 5.79. The van der Waals surface area contributed by atoms with Crippen LogP contribution in [-0.2, 0) is 19.1 Å². The molecule has 0 aromatic carbocycles. The first-order chi connectivity index (χ1) is 8.98. The topological polar surface area (TPSA) is 72.8 Å². The third kappa shape index (κ3) is 3.69. The molecule has 0 spiro atoms. The first kappa shape index (κ1) is 16.0. The first-order valence-corrected chi connectivity index (χ1v) is 7.04. The highest BCUT2D eigenvalue weighted by Crippen LogP contribution is 2.42. The maximum absolute atomic E-state index is 12.0. The van der Waals surface area contributed by atoms with Crippen LogP contribution in [0.4, 0.5) is 0 Å². The molecule has 1 rings (SSSR count). The fourth-order valence-electron chi connectivity index (χ4n) is 2.75. The summed E-state index contributed by atoms with van der Waals surface area (Å²) in [6.45, 7) is 5.76. The van der Waals surface area contributed by atoms with Crippen molar-refractivity contribution >= 4 is 11.9 Å². The van der Waals surface area contributed by atoms with E-state index in [1.165, 1.54) is 0 Å². The minimum atomic E-state index is -1.32. The second-order valence-electron chi connectivity index (χ2n) is 5.06. The van der Waals surface area contributed by atoms with Crippen molar-refractivity contribution < 1.29 is 24.2 Å². The molecule has 0 aromatic rings. The van der Waals surface area contributed by atoms with Crippen molar-refractivity contribution in [1.82, 2.24) is 0 Å². The molecule has 0 radical (unpaired) electrons. The molecule has 1 fully saturated rings. The second-order valence-corrected chi connectivity index (χ2v) is 5.06. The molecule has 0 aliphatic heterocycles. The summed E-state index contributed by atoms with van der Waals surface area (Å²) in [4.78, 5) is 23.9. The van der Waals surface area contributed by atoms with E-state index in [9.17, 15) is 14.7 Å². The van der Waals surface area contributed by atoms with Crippen molar-refractivity contribution in [3.63, 3.8) is 0 Å². The zero-order valence-electron chi connectivity index (χ0n) is 12.0. The molecule has 2 atom stereocenters. The van der Waals surface area contributed by atoms with E-state index < -0.39 is 23.5 Å². The van der Waals surface area contributed by atoms with Gasteiger partial charge in [-0.05, 0) is 39.0 Å². The Morgan fingerprint density at radius 1 is 1.21 bits per heavy atom. The van der Waals surface area contributed by atoms with Gasteiger partial charge in [-0.3, -0.25) is 9.59 Å². The molecule has 1 N–H and O–H groups in total. The summed E-state index contributed by atoms with van der Waals surface area (Å²) in [6, 6.07) is 0. The molecule has 2 unspecified atom stereocenters. The quantitative estimate of drug-likeness (QED) is 0.588. The van der Waals surface area contributed by atoms with Crippen LogP contribution in [0.5, 0.6) is 0 Å². The molecule has 1 aliphatic carbocycles. The van der Waals surface area contributed by atoms with Gasteiger partial charge in [-0.25, -0.2) is 0 Å². The lowest BCUT2D eigenvalue weighted by Crippen LogP contribution is -2.46. The zero-order valence-corrected chi connectivity index (χ0v) is 12.0. The summed E-state index contributed by atoms with van der Waals surface area (Å²) in [5.74, 6) is -2.24. The summed E-state index contributed by atoms with van der Waals surface area (Å²) in [5, 5.41) is 10.6. The van der Waals surface area contributed by atoms with Crippen molar-refractivity contribution in [2.75, 3.05) is 13.2 Å². The van der Waals surface area contributed by atoms with Gasteiger partial charge >= 0.3 is 11.9 Å². The van der Waals surface area contributed by atoms with Gasteiger partial charge in [-0.2, -0.15) is 0 Å². The summed E-state index contributed by atoms with van der Waals surface area (Å²) < 4.78 is 9.84. The molecule has 110 valence electrons. The smallest absolute Gasteiger partial charge is 0.323 e. The number of rotatable bonds is 6. The van der Waals surface area contributed by atoms with Crippen LogP contribution in [0.15, 0.2) is 0 Å². The van der Waals surface area contributed by atoms with E-state index in [0.717, 1.165) is 12.8 Å². The fraction of sp³-hybridized carbons (Fsp3) is 0.857. The molecule has 5 heteroatoms. The van der Waals surface area contributed by atoms with Crippen molar-refractivity contribution in [1.29, 1.82) is 0 Å². The van der Waals surface area contributed by atoms with E-state index in [4.69, 9.17) is 9.47 Å². The average Bonchev–Trinajstić information content (AvgIpc) is 2.72. The van der Waals surface area contributed by atoms with E-state index >= 15 is 0 Å². The van der Waals surface area contributed by atoms with Gasteiger partial charge in [-0.15, -0.1) is 0 Å². The van der Waals surface area contributed by atoms with Crippen LogP contribution in [0.2, 0.25) is 0 Å². The number of hydrogen-bond acceptors (Lipinski definition) is 5. The number of carbonyl (C=O) groups is 2. The Labute approximate surface area is 114 Å². The number of ether oxygens (including phenoxy) is 2. The van der Waals surface area contributed by atoms with Gasteiger partial charge in [0, 0.05) is 0 Å². The fourth-order valence-corrected chi connectivity index (χ4v) is 2.75. The van der Waals surface area contributed by atoms with Crippen molar-refractivity contribution in [2.45, 2.75) is 52.1 Å². The average molecular weight is 272 g/mol. The molecule has 19 heavy (non-hydrogen) atoms. The standard InChI is InChI=1S/C14H24O5/c1-4-10-7-8-14(17,9-10)11(12(15)18-5-2)13(16)19-6-3/h10-11,17H,4-9H2,1-3H3. The highest BCUT2D eigenvalue weighted by atomic mass is 16.6. The van der Waals surface area contributed by atoms with E-state index in [1.807, 2.05) is 6.92 Å². The Bertz CT molecular complexity index is 310. The van der Waals surface area contributed by atoms with Gasteiger partial charge < -0.3 is 14.6 Å². The lowest BCUT2D eigenvalue weighted by atomic mass is 9.84. The van der Waals surface area contributed by atoms with Gasteiger partial charge in [0.15, 0.2) is 5.92 Å². The highest BCUT2D eigenvalue weighted by Gasteiger charge is 2.51. The summed E-state index contributed by atoms with van der Waals surface area (Å²) >= 11 is 0. The number of aliphatic hydroxyl groups is 1. The van der Waals surface area contributed by atoms with Crippen LogP contribution < -0.4 is 0 Å². The summed E-state index contributed by atoms with van der Waals surface area (Å²) in [7, 11) is 0. The van der Waals surface area contributed by atoms with Gasteiger partial charge in [-0.1, -0.05) is 13.3 Å². The van der Waals surface area contributed by atoms with E-state index in [1.54, 1.807) is 13.8 Å². The van der Waals surface area contributed by atoms with Crippen LogP contribution >= 0.6 is 0 Å². The van der Waals surface area contributed by atoms with Gasteiger partial charge in [0.25, 0.3) is 0 Å². The first-order valence-electron chi connectivity index (χ1n) is 7.04. The predicted molar refractivity (Wildman–Crippen MR) is 69.3 cm³/mol. The van der Waals surface area contributed by atoms with Crippen LogP contribution in [0.1, 0.15) is 46.5 Å². The van der Waals surface area contributed by atoms with Crippen molar-refractivity contribution in [3.05, 3.63) is 0 Å². The molecule has 1 aliphatic rings. The van der Waals surface area contributed by atoms with Gasteiger partial charge in [0.1, 0.15) is 0 Å². The van der Waals surface area contributed by atoms with E-state index in [-0.39, 0.29) is 13.2 Å². The Balaban J connectivity index is 2.89. The maximum Gasteiger partial charge on any atom is 0.323 e. The largest absolute Gasteiger partial charge is 0.465 e. The van der Waals surface area contributed by atoms with Crippen LogP contribution in [0, 0.1) is 11.8 Å². The highest BCUT2D eigenvalue weighted by molar-refractivity contribution is 5.96. The third-order valence-corrected chi connectivity index (χ3v) is 3.79. The summed E-state index contributed by atoms with van der Waals surface area (Å²) in [5.41, 5.74) is -1.32. The minimum Gasteiger partial charge on any atom is -0.465 e. The van der Waals surface area contributed by atoms with Crippen molar-refractivity contribution in [3.8, 4) is 0 Å². The Morgan fingerprint density at radius 2 is 1.74 bits per heavy atom. The predicted octanol–water partition coefficient (Wildman–Crippen LogP) is 1.67. The molecular formula is C14H24O5. The monoisotopic (exact) mass is 272 g/mol. The van der Waals surface area contributed by atoms with E-state index in [0.29, 0.717) is 18.8 Å². The van der Waals surface area contributed by atoms with E-state index in [2.05, 4.69) is 0 Å².